The lowest BCUT2D eigenvalue weighted by molar-refractivity contribution is -0.925. The monoisotopic (exact) mass is 536 g/mol. The maximum atomic E-state index is 13.2. The number of unbranched alkanes of at least 4 members (excludes halogenated alkanes) is 7. The van der Waals surface area contributed by atoms with Gasteiger partial charge >= 0.3 is 18.0 Å². The van der Waals surface area contributed by atoms with E-state index in [1.165, 1.54) is 43.9 Å². The second kappa shape index (κ2) is 17.1. The third-order valence-electron chi connectivity index (χ3n) is 7.40. The molecule has 1 heterocycles. The van der Waals surface area contributed by atoms with Crippen molar-refractivity contribution >= 4 is 18.0 Å². The molecular formula is C29H52N4O5+2. The first-order valence-corrected chi connectivity index (χ1v) is 14.2. The van der Waals surface area contributed by atoms with Crippen LogP contribution in [0.4, 0.5) is 4.79 Å². The SMILES string of the molecule is CC[N+](CC)(CCCCCCCCCC[N+](C)(C)C(=O)c1ncccc1OC(=O)N(C)C)CCOC(C)=O. The average Bonchev–Trinajstić information content (AvgIpc) is 2.88. The molecule has 1 aromatic heterocycles. The lowest BCUT2D eigenvalue weighted by Crippen LogP contribution is -2.50. The molecule has 0 radical (unpaired) electrons. The number of ether oxygens (including phenoxy) is 2. The number of esters is 1. The van der Waals surface area contributed by atoms with E-state index < -0.39 is 6.09 Å². The number of pyridine rings is 1. The molecule has 9 heteroatoms. The molecule has 0 saturated carbocycles. The second-order valence-corrected chi connectivity index (χ2v) is 10.9. The zero-order valence-corrected chi connectivity index (χ0v) is 25.0. The van der Waals surface area contributed by atoms with E-state index in [0.717, 1.165) is 49.9 Å². The molecule has 0 spiro atoms. The van der Waals surface area contributed by atoms with Crippen molar-refractivity contribution in [2.45, 2.75) is 72.1 Å². The molecule has 216 valence electrons. The first kappa shape index (κ1) is 33.5. The first-order valence-electron chi connectivity index (χ1n) is 14.2. The fourth-order valence-corrected chi connectivity index (χ4v) is 4.57. The zero-order valence-electron chi connectivity index (χ0n) is 25.0. The van der Waals surface area contributed by atoms with Crippen LogP contribution in [0.2, 0.25) is 0 Å². The van der Waals surface area contributed by atoms with Gasteiger partial charge < -0.3 is 18.9 Å². The lowest BCUT2D eigenvalue weighted by Gasteiger charge is -2.36. The quantitative estimate of drug-likeness (QED) is 0.151. The van der Waals surface area contributed by atoms with E-state index in [1.54, 1.807) is 32.4 Å². The number of amides is 2. The Balaban J connectivity index is 2.32. The van der Waals surface area contributed by atoms with Crippen molar-refractivity contribution in [2.75, 3.05) is 67.5 Å². The van der Waals surface area contributed by atoms with Crippen LogP contribution >= 0.6 is 0 Å². The van der Waals surface area contributed by atoms with Gasteiger partial charge in [-0.2, -0.15) is 0 Å². The predicted octanol–water partition coefficient (Wildman–Crippen LogP) is 4.90. The van der Waals surface area contributed by atoms with Gasteiger partial charge in [0.25, 0.3) is 0 Å². The Morgan fingerprint density at radius 3 is 1.95 bits per heavy atom. The number of hydrogen-bond acceptors (Lipinski definition) is 6. The van der Waals surface area contributed by atoms with Crippen molar-refractivity contribution in [2.24, 2.45) is 0 Å². The van der Waals surface area contributed by atoms with Crippen LogP contribution in [-0.2, 0) is 9.53 Å². The summed E-state index contributed by atoms with van der Waals surface area (Å²) >= 11 is 0. The summed E-state index contributed by atoms with van der Waals surface area (Å²) in [6.07, 6.45) is 10.3. The third kappa shape index (κ3) is 11.9. The molecule has 0 aromatic carbocycles. The molecule has 0 atom stereocenters. The van der Waals surface area contributed by atoms with Crippen molar-refractivity contribution < 1.29 is 32.8 Å². The van der Waals surface area contributed by atoms with Gasteiger partial charge in [-0.3, -0.25) is 9.28 Å². The Kier molecular flexibility index (Phi) is 15.1. The minimum Gasteiger partial charge on any atom is -0.460 e. The van der Waals surface area contributed by atoms with E-state index in [9.17, 15) is 14.4 Å². The van der Waals surface area contributed by atoms with Gasteiger partial charge in [0, 0.05) is 27.2 Å². The zero-order chi connectivity index (χ0) is 28.6. The summed E-state index contributed by atoms with van der Waals surface area (Å²) in [6, 6.07) is 3.26. The highest BCUT2D eigenvalue weighted by molar-refractivity contribution is 5.90. The summed E-state index contributed by atoms with van der Waals surface area (Å²) in [6.45, 7) is 11.3. The van der Waals surface area contributed by atoms with E-state index in [4.69, 9.17) is 9.47 Å². The first-order chi connectivity index (χ1) is 18.0. The van der Waals surface area contributed by atoms with Crippen LogP contribution in [0.25, 0.3) is 0 Å². The molecule has 1 aromatic rings. The van der Waals surface area contributed by atoms with Crippen LogP contribution in [0, 0.1) is 0 Å². The molecule has 0 aliphatic rings. The Bertz CT molecular complexity index is 868. The second-order valence-electron chi connectivity index (χ2n) is 10.9. The molecule has 9 nitrogen and oxygen atoms in total. The largest absolute Gasteiger partial charge is 0.460 e. The summed E-state index contributed by atoms with van der Waals surface area (Å²) in [5.74, 6) is -0.163. The fraction of sp³-hybridized carbons (Fsp3) is 0.724. The van der Waals surface area contributed by atoms with Crippen LogP contribution in [-0.4, -0.2) is 104 Å². The molecule has 0 aliphatic heterocycles. The van der Waals surface area contributed by atoms with E-state index >= 15 is 0 Å². The van der Waals surface area contributed by atoms with Gasteiger partial charge in [-0.25, -0.2) is 14.6 Å². The van der Waals surface area contributed by atoms with Crippen LogP contribution < -0.4 is 4.74 Å². The van der Waals surface area contributed by atoms with E-state index in [0.29, 0.717) is 13.2 Å². The van der Waals surface area contributed by atoms with Crippen molar-refractivity contribution in [1.29, 1.82) is 0 Å². The van der Waals surface area contributed by atoms with Gasteiger partial charge in [-0.05, 0) is 51.7 Å². The number of likely N-dealkylation sites (N-methyl/N-ethyl adjacent to an activating group) is 1. The van der Waals surface area contributed by atoms with Crippen LogP contribution in [0.1, 0.15) is 82.6 Å². The Morgan fingerprint density at radius 1 is 0.868 bits per heavy atom. The van der Waals surface area contributed by atoms with Crippen molar-refractivity contribution in [1.82, 2.24) is 9.88 Å². The molecule has 0 unspecified atom stereocenters. The minimum atomic E-state index is -0.536. The number of rotatable bonds is 18. The molecule has 2 amide bonds. The van der Waals surface area contributed by atoms with E-state index in [-0.39, 0.29) is 27.8 Å². The Morgan fingerprint density at radius 2 is 1.42 bits per heavy atom. The number of carbonyl (C=O) groups is 3. The summed E-state index contributed by atoms with van der Waals surface area (Å²) in [7, 11) is 6.95. The third-order valence-corrected chi connectivity index (χ3v) is 7.40. The smallest absolute Gasteiger partial charge is 0.414 e. The van der Waals surface area contributed by atoms with Crippen LogP contribution in [0.15, 0.2) is 18.3 Å². The summed E-state index contributed by atoms with van der Waals surface area (Å²) in [4.78, 5) is 41.8. The van der Waals surface area contributed by atoms with Gasteiger partial charge in [0.15, 0.2) is 5.75 Å². The number of hydrogen-bond donors (Lipinski definition) is 0. The fourth-order valence-electron chi connectivity index (χ4n) is 4.57. The minimum absolute atomic E-state index is 0.159. The maximum absolute atomic E-state index is 13.2. The van der Waals surface area contributed by atoms with Gasteiger partial charge in [0.2, 0.25) is 5.69 Å². The van der Waals surface area contributed by atoms with Crippen molar-refractivity contribution in [3.63, 3.8) is 0 Å². The highest BCUT2D eigenvalue weighted by atomic mass is 16.6. The summed E-state index contributed by atoms with van der Waals surface area (Å²) < 4.78 is 11.7. The Hall–Kier alpha value is -2.52. The van der Waals surface area contributed by atoms with E-state index in [1.807, 2.05) is 14.1 Å². The molecule has 0 saturated heterocycles. The van der Waals surface area contributed by atoms with Gasteiger partial charge in [0.05, 0.1) is 40.3 Å². The number of nitrogens with zero attached hydrogens (tertiary/aromatic N) is 4. The maximum Gasteiger partial charge on any atom is 0.414 e. The normalized spacial score (nSPS) is 11.8. The molecule has 0 N–H and O–H groups in total. The Labute approximate surface area is 230 Å². The predicted molar refractivity (Wildman–Crippen MR) is 150 cm³/mol. The van der Waals surface area contributed by atoms with Crippen molar-refractivity contribution in [3.8, 4) is 5.75 Å². The molecule has 0 bridgehead atoms. The molecule has 0 aliphatic carbocycles. The van der Waals surface area contributed by atoms with Crippen LogP contribution in [0.3, 0.4) is 0 Å². The van der Waals surface area contributed by atoms with Gasteiger partial charge in [-0.15, -0.1) is 0 Å². The van der Waals surface area contributed by atoms with Gasteiger partial charge in [0.1, 0.15) is 13.2 Å². The highest BCUT2D eigenvalue weighted by Crippen LogP contribution is 2.21. The number of quaternary nitrogens is 2. The number of aromatic nitrogens is 1. The lowest BCUT2D eigenvalue weighted by atomic mass is 10.1. The molecule has 38 heavy (non-hydrogen) atoms. The van der Waals surface area contributed by atoms with Crippen molar-refractivity contribution in [3.05, 3.63) is 24.0 Å². The summed E-state index contributed by atoms with van der Waals surface area (Å²) in [5.41, 5.74) is 0.188. The topological polar surface area (TPSA) is 85.8 Å². The molecule has 0 fully saturated rings. The average molecular weight is 537 g/mol. The standard InChI is InChI=1S/C29H52N4O5/c1-8-33(9-2,23-24-37-25(3)34)22-17-15-13-11-10-12-14-16-21-32(6,7)28(35)27-26(19-18-20-30-27)38-29(36)31(4)5/h18-20H,8-17,21-24H2,1-7H3/q+2. The van der Waals surface area contributed by atoms with E-state index in [2.05, 4.69) is 18.8 Å². The number of carbonyl (C=O) groups excluding carboxylic acids is 3. The van der Waals surface area contributed by atoms with Gasteiger partial charge in [-0.1, -0.05) is 25.7 Å². The highest BCUT2D eigenvalue weighted by Gasteiger charge is 2.32. The molecular weight excluding hydrogens is 484 g/mol. The van der Waals surface area contributed by atoms with Crippen LogP contribution in [0.5, 0.6) is 5.75 Å². The molecule has 1 rings (SSSR count). The summed E-state index contributed by atoms with van der Waals surface area (Å²) in [5, 5.41) is 0.